The molecule has 0 spiro atoms. The summed E-state index contributed by atoms with van der Waals surface area (Å²) < 4.78 is 1.51. The molecule has 0 radical (unpaired) electrons. The molecule has 7 nitrogen and oxygen atoms in total. The van der Waals surface area contributed by atoms with E-state index in [1.165, 1.54) is 10.9 Å². The molecule has 1 aromatic carbocycles. The van der Waals surface area contributed by atoms with E-state index in [2.05, 4.69) is 9.88 Å². The Morgan fingerprint density at radius 2 is 1.93 bits per heavy atom. The van der Waals surface area contributed by atoms with Crippen molar-refractivity contribution in [1.29, 1.82) is 0 Å². The zero-order valence-electron chi connectivity index (χ0n) is 16.1. The third-order valence-electron chi connectivity index (χ3n) is 5.33. The number of amides is 1. The van der Waals surface area contributed by atoms with E-state index in [-0.39, 0.29) is 17.9 Å². The molecule has 1 N–H and O–H groups in total. The molecule has 1 fully saturated rings. The van der Waals surface area contributed by atoms with Crippen molar-refractivity contribution in [2.75, 3.05) is 32.7 Å². The van der Waals surface area contributed by atoms with Crippen LogP contribution in [0.1, 0.15) is 17.4 Å². The SMILES string of the molecule is O=C(CCn1cnc2ccccc2c1=O)N1CCN(C[C@H](O)c2cccs2)CC1. The van der Waals surface area contributed by atoms with Gasteiger partial charge in [-0.2, -0.15) is 0 Å². The van der Waals surface area contributed by atoms with Crippen LogP contribution in [0.15, 0.2) is 52.9 Å². The first kappa shape index (κ1) is 19.8. The van der Waals surface area contributed by atoms with E-state index in [9.17, 15) is 14.7 Å². The van der Waals surface area contributed by atoms with Crippen molar-refractivity contribution in [2.24, 2.45) is 0 Å². The van der Waals surface area contributed by atoms with Gasteiger partial charge in [0.2, 0.25) is 5.91 Å². The lowest BCUT2D eigenvalue weighted by atomic mass is 10.2. The molecule has 0 aliphatic carbocycles. The van der Waals surface area contributed by atoms with Crippen LogP contribution in [-0.4, -0.2) is 63.1 Å². The fraction of sp³-hybridized carbons (Fsp3) is 0.381. The number of piperazine rings is 1. The van der Waals surface area contributed by atoms with Crippen LogP contribution in [0.2, 0.25) is 0 Å². The van der Waals surface area contributed by atoms with Crippen molar-refractivity contribution in [3.8, 4) is 0 Å². The van der Waals surface area contributed by atoms with Gasteiger partial charge in [-0.15, -0.1) is 11.3 Å². The fourth-order valence-corrected chi connectivity index (χ4v) is 4.34. The Morgan fingerprint density at radius 1 is 1.14 bits per heavy atom. The van der Waals surface area contributed by atoms with E-state index < -0.39 is 6.10 Å². The normalized spacial score (nSPS) is 16.2. The third kappa shape index (κ3) is 4.55. The molecule has 0 saturated carbocycles. The summed E-state index contributed by atoms with van der Waals surface area (Å²) in [4.78, 5) is 34.4. The number of benzene rings is 1. The van der Waals surface area contributed by atoms with Crippen molar-refractivity contribution in [3.63, 3.8) is 0 Å². The van der Waals surface area contributed by atoms with Crippen LogP contribution in [0, 0.1) is 0 Å². The zero-order valence-corrected chi connectivity index (χ0v) is 16.9. The van der Waals surface area contributed by atoms with Crippen molar-refractivity contribution in [2.45, 2.75) is 19.1 Å². The lowest BCUT2D eigenvalue weighted by Crippen LogP contribution is -2.49. The number of thiophene rings is 1. The number of para-hydroxylation sites is 1. The lowest BCUT2D eigenvalue weighted by Gasteiger charge is -2.35. The lowest BCUT2D eigenvalue weighted by molar-refractivity contribution is -0.133. The van der Waals surface area contributed by atoms with Crippen LogP contribution in [0.25, 0.3) is 10.9 Å². The number of fused-ring (bicyclic) bond motifs is 1. The van der Waals surface area contributed by atoms with E-state index >= 15 is 0 Å². The van der Waals surface area contributed by atoms with Gasteiger partial charge in [0, 0.05) is 50.6 Å². The Kier molecular flexibility index (Phi) is 6.03. The largest absolute Gasteiger partial charge is 0.386 e. The Bertz CT molecular complexity index is 1030. The second kappa shape index (κ2) is 8.86. The molecule has 1 atom stereocenters. The first-order valence-corrected chi connectivity index (χ1v) is 10.7. The Morgan fingerprint density at radius 3 is 2.69 bits per heavy atom. The maximum Gasteiger partial charge on any atom is 0.261 e. The monoisotopic (exact) mass is 412 g/mol. The topological polar surface area (TPSA) is 78.7 Å². The molecule has 29 heavy (non-hydrogen) atoms. The summed E-state index contributed by atoms with van der Waals surface area (Å²) in [5.41, 5.74) is 0.553. The maximum atomic E-state index is 12.6. The summed E-state index contributed by atoms with van der Waals surface area (Å²) in [5.74, 6) is 0.0449. The molecule has 1 aliphatic rings. The van der Waals surface area contributed by atoms with E-state index in [0.29, 0.717) is 37.1 Å². The highest BCUT2D eigenvalue weighted by molar-refractivity contribution is 7.10. The molecule has 8 heteroatoms. The van der Waals surface area contributed by atoms with Gasteiger partial charge in [-0.1, -0.05) is 18.2 Å². The van der Waals surface area contributed by atoms with E-state index in [1.807, 2.05) is 34.5 Å². The number of aromatic nitrogens is 2. The number of β-amino-alcohol motifs (C(OH)–C–C–N with tert-alkyl or cyclic N) is 1. The Balaban J connectivity index is 1.28. The van der Waals surface area contributed by atoms with E-state index in [4.69, 9.17) is 0 Å². The van der Waals surface area contributed by atoms with E-state index in [1.54, 1.807) is 23.5 Å². The predicted molar refractivity (Wildman–Crippen MR) is 113 cm³/mol. The van der Waals surface area contributed by atoms with Crippen LogP contribution in [-0.2, 0) is 11.3 Å². The predicted octanol–water partition coefficient (Wildman–Crippen LogP) is 1.73. The van der Waals surface area contributed by atoms with Crippen LogP contribution in [0.5, 0.6) is 0 Å². The number of nitrogens with zero attached hydrogens (tertiary/aromatic N) is 4. The molecule has 0 unspecified atom stereocenters. The quantitative estimate of drug-likeness (QED) is 0.667. The minimum atomic E-state index is -0.482. The molecule has 3 aromatic rings. The van der Waals surface area contributed by atoms with Crippen LogP contribution >= 0.6 is 11.3 Å². The molecule has 2 aromatic heterocycles. The number of aliphatic hydroxyl groups is 1. The highest BCUT2D eigenvalue weighted by Gasteiger charge is 2.23. The van der Waals surface area contributed by atoms with Gasteiger partial charge in [-0.25, -0.2) is 4.98 Å². The van der Waals surface area contributed by atoms with Gasteiger partial charge in [0.1, 0.15) is 6.10 Å². The smallest absolute Gasteiger partial charge is 0.261 e. The molecule has 1 aliphatic heterocycles. The van der Waals surface area contributed by atoms with Gasteiger partial charge in [0.05, 0.1) is 17.2 Å². The number of carbonyl (C=O) groups is 1. The van der Waals surface area contributed by atoms with Crippen LogP contribution < -0.4 is 5.56 Å². The molecule has 152 valence electrons. The molecular weight excluding hydrogens is 388 g/mol. The summed E-state index contributed by atoms with van der Waals surface area (Å²) in [6.07, 6.45) is 1.31. The standard InChI is InChI=1S/C21H24N4O3S/c26-18(19-6-3-13-29-19)14-23-9-11-24(12-10-23)20(27)7-8-25-15-22-17-5-2-1-4-16(17)21(25)28/h1-6,13,15,18,26H,7-12,14H2/t18-/m0/s1. The first-order chi connectivity index (χ1) is 14.1. The molecule has 0 bridgehead atoms. The number of aryl methyl sites for hydroxylation is 1. The second-order valence-corrected chi connectivity index (χ2v) is 8.20. The van der Waals surface area contributed by atoms with Gasteiger partial charge in [-0.3, -0.25) is 19.1 Å². The van der Waals surface area contributed by atoms with Crippen LogP contribution in [0.3, 0.4) is 0 Å². The highest BCUT2D eigenvalue weighted by Crippen LogP contribution is 2.20. The number of rotatable bonds is 6. The molecular formula is C21H24N4O3S. The summed E-state index contributed by atoms with van der Waals surface area (Å²) in [6.45, 7) is 3.67. The number of aliphatic hydroxyl groups excluding tert-OH is 1. The number of carbonyl (C=O) groups excluding carboxylic acids is 1. The second-order valence-electron chi connectivity index (χ2n) is 7.22. The van der Waals surface area contributed by atoms with Crippen molar-refractivity contribution < 1.29 is 9.90 Å². The summed E-state index contributed by atoms with van der Waals surface area (Å²) in [6, 6.07) is 11.1. The zero-order chi connectivity index (χ0) is 20.2. The molecule has 3 heterocycles. The molecule has 1 saturated heterocycles. The minimum absolute atomic E-state index is 0.0449. The van der Waals surface area contributed by atoms with E-state index in [0.717, 1.165) is 18.0 Å². The van der Waals surface area contributed by atoms with Crippen molar-refractivity contribution in [1.82, 2.24) is 19.4 Å². The van der Waals surface area contributed by atoms with Gasteiger partial charge >= 0.3 is 0 Å². The maximum absolute atomic E-state index is 12.6. The Hall–Kier alpha value is -2.55. The van der Waals surface area contributed by atoms with Gasteiger partial charge in [0.15, 0.2) is 0 Å². The average molecular weight is 413 g/mol. The number of hydrogen-bond donors (Lipinski definition) is 1. The van der Waals surface area contributed by atoms with Crippen molar-refractivity contribution >= 4 is 28.1 Å². The molecule has 1 amide bonds. The highest BCUT2D eigenvalue weighted by atomic mass is 32.1. The molecule has 4 rings (SSSR count). The fourth-order valence-electron chi connectivity index (χ4n) is 3.63. The summed E-state index contributed by atoms with van der Waals surface area (Å²) in [7, 11) is 0. The third-order valence-corrected chi connectivity index (χ3v) is 6.30. The van der Waals surface area contributed by atoms with Gasteiger partial charge in [-0.05, 0) is 23.6 Å². The van der Waals surface area contributed by atoms with Gasteiger partial charge < -0.3 is 10.0 Å². The van der Waals surface area contributed by atoms with Crippen LogP contribution in [0.4, 0.5) is 0 Å². The first-order valence-electron chi connectivity index (χ1n) is 9.77. The van der Waals surface area contributed by atoms with Gasteiger partial charge in [0.25, 0.3) is 5.56 Å². The summed E-state index contributed by atoms with van der Waals surface area (Å²) >= 11 is 1.56. The average Bonchev–Trinajstić information content (AvgIpc) is 3.29. The number of hydrogen-bond acceptors (Lipinski definition) is 6. The Labute approximate surface area is 172 Å². The minimum Gasteiger partial charge on any atom is -0.386 e. The van der Waals surface area contributed by atoms with Crippen molar-refractivity contribution in [3.05, 3.63) is 63.3 Å². The summed E-state index contributed by atoms with van der Waals surface area (Å²) in [5, 5.41) is 12.8.